The predicted molar refractivity (Wildman–Crippen MR) is 134 cm³/mol. The minimum atomic E-state index is -4.51. The van der Waals surface area contributed by atoms with Gasteiger partial charge in [0.1, 0.15) is 10.7 Å². The number of anilines is 2. The van der Waals surface area contributed by atoms with Crippen molar-refractivity contribution in [1.82, 2.24) is 4.40 Å². The maximum atomic E-state index is 14.5. The van der Waals surface area contributed by atoms with Crippen molar-refractivity contribution in [3.63, 3.8) is 0 Å². The van der Waals surface area contributed by atoms with Crippen LogP contribution in [0.5, 0.6) is 5.88 Å². The number of sulfonamides is 2. The van der Waals surface area contributed by atoms with Crippen LogP contribution in [0.1, 0.15) is 16.7 Å². The van der Waals surface area contributed by atoms with Crippen LogP contribution >= 0.6 is 0 Å². The first-order chi connectivity index (χ1) is 18.2. The summed E-state index contributed by atoms with van der Waals surface area (Å²) in [6.45, 7) is 0. The Morgan fingerprint density at radius 1 is 1.05 bits per heavy atom. The minimum absolute atomic E-state index is 0. The van der Waals surface area contributed by atoms with E-state index in [9.17, 15) is 39.9 Å². The van der Waals surface area contributed by atoms with E-state index < -0.39 is 65.1 Å². The zero-order valence-electron chi connectivity index (χ0n) is 20.7. The second-order valence-corrected chi connectivity index (χ2v) is 12.0. The monoisotopic (exact) mass is 600 g/mol. The first-order valence-corrected chi connectivity index (χ1v) is 14.3. The van der Waals surface area contributed by atoms with Crippen LogP contribution in [0.4, 0.5) is 24.5 Å². The van der Waals surface area contributed by atoms with Gasteiger partial charge in [0.25, 0.3) is 10.0 Å². The summed E-state index contributed by atoms with van der Waals surface area (Å²) in [5, 5.41) is 15.9. The third-order valence-electron chi connectivity index (χ3n) is 5.74. The first kappa shape index (κ1) is 29.6. The summed E-state index contributed by atoms with van der Waals surface area (Å²) >= 11 is 0. The topological polar surface area (TPSA) is 149 Å². The number of halogens is 3. The zero-order valence-corrected chi connectivity index (χ0v) is 24.3. The number of hydrogen-bond donors (Lipinski definition) is 2. The van der Waals surface area contributed by atoms with Gasteiger partial charge in [-0.3, -0.25) is 9.52 Å². The normalized spacial score (nSPS) is 14.1. The van der Waals surface area contributed by atoms with E-state index in [2.05, 4.69) is 14.4 Å². The largest absolute Gasteiger partial charge is 1.00 e. The number of pyridine rings is 2. The summed E-state index contributed by atoms with van der Waals surface area (Å²) in [6, 6.07) is 8.58. The molecular formula is C24H16F3N4NaO6S2. The summed E-state index contributed by atoms with van der Waals surface area (Å²) in [5.74, 6) is -4.77. The standard InChI is InChI=1S/C24H17F3N4O6S2.Na/c1-38(34,35)29-15-3-5-18-21(9-15)39(36,37)30-23(28-18)22-20(32)10-19-13(8-14(25)11-31(19)24(22)33)6-12-2-4-16(26)17(27)7-12;/h2-5,7-11,29,33H,6H2,1H3,(H,28,30);/q;+1/p-1. The second kappa shape index (κ2) is 10.6. The molecule has 40 heavy (non-hydrogen) atoms. The van der Waals surface area contributed by atoms with Gasteiger partial charge in [0.2, 0.25) is 10.0 Å². The fourth-order valence-electron chi connectivity index (χ4n) is 4.15. The molecule has 2 aromatic carbocycles. The molecule has 10 nitrogen and oxygen atoms in total. The number of benzene rings is 2. The fraction of sp³-hybridized carbons (Fsp3) is 0.0833. The van der Waals surface area contributed by atoms with Crippen LogP contribution < -0.4 is 50.1 Å². The molecule has 16 heteroatoms. The molecule has 0 saturated carbocycles. The molecule has 0 fully saturated rings. The molecule has 2 aromatic heterocycles. The molecule has 0 bridgehead atoms. The molecule has 0 atom stereocenters. The van der Waals surface area contributed by atoms with E-state index in [0.717, 1.165) is 47.2 Å². The van der Waals surface area contributed by atoms with E-state index in [1.165, 1.54) is 18.2 Å². The Kier molecular flexibility index (Phi) is 7.81. The Morgan fingerprint density at radius 3 is 2.45 bits per heavy atom. The Balaban J connectivity index is 0.00000370. The van der Waals surface area contributed by atoms with Crippen LogP contribution in [0, 0.1) is 17.5 Å². The molecule has 0 radical (unpaired) electrons. The van der Waals surface area contributed by atoms with Crippen LogP contribution in [0.3, 0.4) is 0 Å². The Hall–Kier alpha value is -3.37. The van der Waals surface area contributed by atoms with E-state index in [0.29, 0.717) is 0 Å². The van der Waals surface area contributed by atoms with Gasteiger partial charge in [-0.05, 0) is 59.8 Å². The van der Waals surface area contributed by atoms with Crippen molar-refractivity contribution >= 4 is 42.8 Å². The third kappa shape index (κ3) is 5.74. The van der Waals surface area contributed by atoms with Crippen LogP contribution in [0.2, 0.25) is 0 Å². The van der Waals surface area contributed by atoms with E-state index in [-0.39, 0.29) is 64.0 Å². The number of fused-ring (bicyclic) bond motifs is 2. The summed E-state index contributed by atoms with van der Waals surface area (Å²) in [4.78, 5) is 12.7. The molecule has 0 saturated heterocycles. The van der Waals surface area contributed by atoms with E-state index in [4.69, 9.17) is 0 Å². The van der Waals surface area contributed by atoms with Crippen LogP contribution in [0.15, 0.2) is 68.8 Å². The number of rotatable bonds is 5. The summed E-state index contributed by atoms with van der Waals surface area (Å²) < 4.78 is 96.7. The average molecular weight is 601 g/mol. The van der Waals surface area contributed by atoms with Gasteiger partial charge >= 0.3 is 29.6 Å². The molecule has 1 aliphatic rings. The molecule has 4 aromatic rings. The van der Waals surface area contributed by atoms with Crippen molar-refractivity contribution in [1.29, 1.82) is 0 Å². The maximum Gasteiger partial charge on any atom is 1.00 e. The molecule has 0 unspecified atom stereocenters. The molecule has 3 heterocycles. The Morgan fingerprint density at radius 2 is 1.77 bits per heavy atom. The van der Waals surface area contributed by atoms with Crippen molar-refractivity contribution in [3.8, 4) is 5.88 Å². The van der Waals surface area contributed by atoms with E-state index in [1.807, 2.05) is 0 Å². The van der Waals surface area contributed by atoms with Gasteiger partial charge in [-0.25, -0.2) is 21.6 Å². The van der Waals surface area contributed by atoms with Gasteiger partial charge in [-0.2, -0.15) is 8.42 Å². The molecule has 2 N–H and O–H groups in total. The van der Waals surface area contributed by atoms with Gasteiger partial charge in [0.15, 0.2) is 22.9 Å². The van der Waals surface area contributed by atoms with Crippen LogP contribution in [-0.4, -0.2) is 33.3 Å². The molecule has 202 valence electrons. The average Bonchev–Trinajstić information content (AvgIpc) is 2.81. The number of nitrogens with zero attached hydrogens (tertiary/aromatic N) is 2. The number of amidine groups is 1. The van der Waals surface area contributed by atoms with Crippen molar-refractivity contribution < 1.29 is 64.7 Å². The predicted octanol–water partition coefficient (Wildman–Crippen LogP) is -0.682. The molecular weight excluding hydrogens is 584 g/mol. The van der Waals surface area contributed by atoms with Crippen molar-refractivity contribution in [2.45, 2.75) is 11.3 Å². The summed E-state index contributed by atoms with van der Waals surface area (Å²) in [6.07, 6.45) is 1.52. The van der Waals surface area contributed by atoms with Gasteiger partial charge in [-0.1, -0.05) is 6.07 Å². The summed E-state index contributed by atoms with van der Waals surface area (Å²) in [7, 11) is -8.22. The maximum absolute atomic E-state index is 14.5. The number of nitrogens with one attached hydrogen (secondary N) is 2. The minimum Gasteiger partial charge on any atom is -0.859 e. The van der Waals surface area contributed by atoms with Gasteiger partial charge < -0.3 is 14.8 Å². The van der Waals surface area contributed by atoms with Gasteiger partial charge in [-0.15, -0.1) is 4.40 Å². The molecule has 5 rings (SSSR count). The van der Waals surface area contributed by atoms with Crippen molar-refractivity contribution in [3.05, 3.63) is 99.1 Å². The number of hydrogen-bond acceptors (Lipinski definition) is 7. The van der Waals surface area contributed by atoms with E-state index in [1.54, 1.807) is 0 Å². The fourth-order valence-corrected chi connectivity index (χ4v) is 5.85. The van der Waals surface area contributed by atoms with Crippen molar-refractivity contribution in [2.24, 2.45) is 4.40 Å². The SMILES string of the molecule is CS(=O)(=O)Nc1ccc2c(c1)S(=O)(=O)N=C(c1c([O-])n3cc(F)cc(Cc4ccc(F)c(F)c4)c3cc1=O)N2.[Na+]. The summed E-state index contributed by atoms with van der Waals surface area (Å²) in [5.41, 5.74) is -1.43. The number of aromatic nitrogens is 1. The molecule has 1 aliphatic heterocycles. The Bertz CT molecular complexity index is 2020. The zero-order chi connectivity index (χ0) is 28.3. The smallest absolute Gasteiger partial charge is 0.859 e. The van der Waals surface area contributed by atoms with Crippen LogP contribution in [0.25, 0.3) is 5.52 Å². The quantitative estimate of drug-likeness (QED) is 0.288. The molecule has 0 spiro atoms. The molecule has 0 amide bonds. The first-order valence-electron chi connectivity index (χ1n) is 10.9. The van der Waals surface area contributed by atoms with Crippen molar-refractivity contribution in [2.75, 3.05) is 16.3 Å². The molecule has 0 aliphatic carbocycles. The van der Waals surface area contributed by atoms with E-state index >= 15 is 0 Å². The van der Waals surface area contributed by atoms with Gasteiger partial charge in [0, 0.05) is 18.0 Å². The second-order valence-electron chi connectivity index (χ2n) is 8.68. The third-order valence-corrected chi connectivity index (χ3v) is 7.67. The Labute approximate surface area is 247 Å². The van der Waals surface area contributed by atoms with Gasteiger partial charge in [0.05, 0.1) is 23.0 Å². The van der Waals surface area contributed by atoms with Crippen LogP contribution in [-0.2, 0) is 26.5 Å².